The highest BCUT2D eigenvalue weighted by atomic mass is 35.5. The summed E-state index contributed by atoms with van der Waals surface area (Å²) < 4.78 is 0. The zero-order valence-electron chi connectivity index (χ0n) is 6.95. The summed E-state index contributed by atoms with van der Waals surface area (Å²) in [6.07, 6.45) is 0. The van der Waals surface area contributed by atoms with Crippen LogP contribution in [0.5, 0.6) is 0 Å². The first-order valence-corrected chi connectivity index (χ1v) is 6.02. The fourth-order valence-corrected chi connectivity index (χ4v) is 2.81. The molecule has 0 bridgehead atoms. The SMILES string of the molecule is Cc1csc(-c2nc(CCl)cs2)n1. The Labute approximate surface area is 89.2 Å². The van der Waals surface area contributed by atoms with Crippen LogP contribution in [0, 0.1) is 6.92 Å². The summed E-state index contributed by atoms with van der Waals surface area (Å²) in [5.41, 5.74) is 1.97. The van der Waals surface area contributed by atoms with E-state index in [-0.39, 0.29) is 0 Å². The fourth-order valence-electron chi connectivity index (χ4n) is 0.919. The third-order valence-electron chi connectivity index (χ3n) is 1.49. The van der Waals surface area contributed by atoms with Gasteiger partial charge in [0.2, 0.25) is 0 Å². The number of nitrogens with zero attached hydrogens (tertiary/aromatic N) is 2. The molecule has 2 aromatic rings. The van der Waals surface area contributed by atoms with E-state index in [1.54, 1.807) is 22.7 Å². The second kappa shape index (κ2) is 3.74. The minimum Gasteiger partial charge on any atom is -0.239 e. The van der Waals surface area contributed by atoms with Gasteiger partial charge in [-0.15, -0.1) is 34.3 Å². The Morgan fingerprint density at radius 1 is 1.23 bits per heavy atom. The van der Waals surface area contributed by atoms with Gasteiger partial charge in [0.1, 0.15) is 0 Å². The second-order valence-corrected chi connectivity index (χ2v) is 4.56. The van der Waals surface area contributed by atoms with Crippen molar-refractivity contribution in [3.8, 4) is 10.0 Å². The number of hydrogen-bond acceptors (Lipinski definition) is 4. The minimum atomic E-state index is 0.473. The summed E-state index contributed by atoms with van der Waals surface area (Å²) in [5.74, 6) is 0.473. The van der Waals surface area contributed by atoms with E-state index >= 15 is 0 Å². The van der Waals surface area contributed by atoms with E-state index in [0.717, 1.165) is 21.4 Å². The molecule has 2 aromatic heterocycles. The van der Waals surface area contributed by atoms with Crippen LogP contribution in [0.15, 0.2) is 10.8 Å². The first-order valence-electron chi connectivity index (χ1n) is 3.72. The highest BCUT2D eigenvalue weighted by Gasteiger charge is 2.06. The van der Waals surface area contributed by atoms with E-state index in [9.17, 15) is 0 Å². The van der Waals surface area contributed by atoms with E-state index in [0.29, 0.717) is 5.88 Å². The van der Waals surface area contributed by atoms with Crippen molar-refractivity contribution in [1.82, 2.24) is 9.97 Å². The van der Waals surface area contributed by atoms with Crippen LogP contribution in [0.2, 0.25) is 0 Å². The molecular weight excluding hydrogens is 224 g/mol. The third kappa shape index (κ3) is 1.90. The van der Waals surface area contributed by atoms with Gasteiger partial charge in [-0.1, -0.05) is 0 Å². The number of thiazole rings is 2. The molecule has 0 spiro atoms. The molecule has 13 heavy (non-hydrogen) atoms. The molecule has 0 N–H and O–H groups in total. The lowest BCUT2D eigenvalue weighted by Crippen LogP contribution is -1.78. The molecule has 2 nitrogen and oxygen atoms in total. The molecule has 0 aliphatic heterocycles. The minimum absolute atomic E-state index is 0.473. The first kappa shape index (κ1) is 9.12. The molecule has 0 radical (unpaired) electrons. The molecular formula is C8H7ClN2S2. The Morgan fingerprint density at radius 2 is 1.92 bits per heavy atom. The van der Waals surface area contributed by atoms with Crippen molar-refractivity contribution in [2.75, 3.05) is 0 Å². The van der Waals surface area contributed by atoms with Gasteiger partial charge < -0.3 is 0 Å². The summed E-state index contributed by atoms with van der Waals surface area (Å²) in [4.78, 5) is 8.70. The molecule has 0 unspecified atom stereocenters. The van der Waals surface area contributed by atoms with E-state index in [2.05, 4.69) is 9.97 Å². The third-order valence-corrected chi connectivity index (χ3v) is 3.76. The molecule has 0 saturated carbocycles. The van der Waals surface area contributed by atoms with E-state index in [1.807, 2.05) is 17.7 Å². The van der Waals surface area contributed by atoms with Crippen LogP contribution in [0.1, 0.15) is 11.4 Å². The van der Waals surface area contributed by atoms with Gasteiger partial charge in [-0.05, 0) is 6.92 Å². The van der Waals surface area contributed by atoms with Gasteiger partial charge in [0.25, 0.3) is 0 Å². The van der Waals surface area contributed by atoms with E-state index < -0.39 is 0 Å². The number of alkyl halides is 1. The number of rotatable bonds is 2. The van der Waals surface area contributed by atoms with E-state index in [4.69, 9.17) is 11.6 Å². The molecule has 0 aromatic carbocycles. The van der Waals surface area contributed by atoms with Crippen LogP contribution in [-0.4, -0.2) is 9.97 Å². The lowest BCUT2D eigenvalue weighted by molar-refractivity contribution is 1.21. The molecule has 0 aliphatic rings. The number of aryl methyl sites for hydroxylation is 1. The predicted molar refractivity (Wildman–Crippen MR) is 57.5 cm³/mol. The molecule has 68 valence electrons. The lowest BCUT2D eigenvalue weighted by atomic mass is 10.5. The normalized spacial score (nSPS) is 10.6. The monoisotopic (exact) mass is 230 g/mol. The van der Waals surface area contributed by atoms with Gasteiger partial charge >= 0.3 is 0 Å². The molecule has 0 fully saturated rings. The van der Waals surface area contributed by atoms with Crippen LogP contribution in [0.4, 0.5) is 0 Å². The molecule has 2 rings (SSSR count). The zero-order valence-corrected chi connectivity index (χ0v) is 9.34. The smallest absolute Gasteiger partial charge is 0.152 e. The van der Waals surface area contributed by atoms with Crippen LogP contribution >= 0.6 is 34.3 Å². The van der Waals surface area contributed by atoms with Crippen LogP contribution < -0.4 is 0 Å². The maximum atomic E-state index is 5.66. The maximum absolute atomic E-state index is 5.66. The number of aromatic nitrogens is 2. The van der Waals surface area contributed by atoms with Crippen molar-refractivity contribution in [2.24, 2.45) is 0 Å². The topological polar surface area (TPSA) is 25.8 Å². The van der Waals surface area contributed by atoms with Crippen molar-refractivity contribution in [2.45, 2.75) is 12.8 Å². The highest BCUT2D eigenvalue weighted by molar-refractivity contribution is 7.19. The molecule has 2 heterocycles. The molecule has 5 heteroatoms. The summed E-state index contributed by atoms with van der Waals surface area (Å²) in [5, 5.41) is 5.95. The van der Waals surface area contributed by atoms with Gasteiger partial charge in [0.15, 0.2) is 10.0 Å². The van der Waals surface area contributed by atoms with Gasteiger partial charge in [0.05, 0.1) is 11.6 Å². The average molecular weight is 231 g/mol. The maximum Gasteiger partial charge on any atom is 0.152 e. The van der Waals surface area contributed by atoms with Crippen LogP contribution in [0.25, 0.3) is 10.0 Å². The summed E-state index contributed by atoms with van der Waals surface area (Å²) in [6.45, 7) is 1.98. The highest BCUT2D eigenvalue weighted by Crippen LogP contribution is 2.27. The number of hydrogen-bond donors (Lipinski definition) is 0. The van der Waals surface area contributed by atoms with Crippen molar-refractivity contribution in [3.05, 3.63) is 22.1 Å². The molecule has 0 amide bonds. The van der Waals surface area contributed by atoms with Crippen LogP contribution in [-0.2, 0) is 5.88 Å². The number of halogens is 1. The first-order chi connectivity index (χ1) is 6.29. The van der Waals surface area contributed by atoms with Gasteiger partial charge in [-0.25, -0.2) is 9.97 Å². The quantitative estimate of drug-likeness (QED) is 0.740. The van der Waals surface area contributed by atoms with Gasteiger partial charge in [-0.2, -0.15) is 0 Å². The van der Waals surface area contributed by atoms with Gasteiger partial charge in [0, 0.05) is 16.5 Å². The van der Waals surface area contributed by atoms with E-state index in [1.165, 1.54) is 0 Å². The van der Waals surface area contributed by atoms with Crippen molar-refractivity contribution in [3.63, 3.8) is 0 Å². The Bertz CT molecular complexity index is 408. The Kier molecular flexibility index (Phi) is 2.62. The lowest BCUT2D eigenvalue weighted by Gasteiger charge is -1.85. The van der Waals surface area contributed by atoms with Crippen molar-refractivity contribution >= 4 is 34.3 Å². The predicted octanol–water partition coefficient (Wildman–Crippen LogP) is 3.31. The summed E-state index contributed by atoms with van der Waals surface area (Å²) >= 11 is 8.87. The average Bonchev–Trinajstić information content (AvgIpc) is 2.71. The molecule has 0 saturated heterocycles. The largest absolute Gasteiger partial charge is 0.239 e. The van der Waals surface area contributed by atoms with Crippen LogP contribution in [0.3, 0.4) is 0 Å². The zero-order chi connectivity index (χ0) is 9.26. The van der Waals surface area contributed by atoms with Crippen molar-refractivity contribution in [1.29, 1.82) is 0 Å². The van der Waals surface area contributed by atoms with Gasteiger partial charge in [-0.3, -0.25) is 0 Å². The summed E-state index contributed by atoms with van der Waals surface area (Å²) in [6, 6.07) is 0. The Hall–Kier alpha value is -0.450. The standard InChI is InChI=1S/C8H7ClN2S2/c1-5-3-12-7(10-5)8-11-6(2-9)4-13-8/h3-4H,2H2,1H3. The fraction of sp³-hybridized carbons (Fsp3) is 0.250. The molecule has 0 atom stereocenters. The molecule has 0 aliphatic carbocycles. The Balaban J connectivity index is 2.35. The second-order valence-electron chi connectivity index (χ2n) is 2.57. The summed E-state index contributed by atoms with van der Waals surface area (Å²) in [7, 11) is 0. The van der Waals surface area contributed by atoms with Crippen molar-refractivity contribution < 1.29 is 0 Å². The Morgan fingerprint density at radius 3 is 2.46 bits per heavy atom.